The van der Waals surface area contributed by atoms with Gasteiger partial charge in [0.05, 0.1) is 16.5 Å². The average molecular weight is 439 g/mol. The maximum atomic E-state index is 13.2. The van der Waals surface area contributed by atoms with Crippen molar-refractivity contribution in [2.24, 2.45) is 0 Å². The summed E-state index contributed by atoms with van der Waals surface area (Å²) in [7, 11) is 0. The number of carbonyl (C=O) groups is 2. The molecule has 29 heavy (non-hydrogen) atoms. The smallest absolute Gasteiger partial charge is 0.242 e. The number of rotatable bonds is 6. The van der Waals surface area contributed by atoms with Gasteiger partial charge in [0.1, 0.15) is 11.9 Å². The van der Waals surface area contributed by atoms with Crippen molar-refractivity contribution in [2.75, 3.05) is 0 Å². The van der Waals surface area contributed by atoms with E-state index < -0.39 is 11.6 Å². The molecule has 2 rings (SSSR count). The van der Waals surface area contributed by atoms with Gasteiger partial charge in [-0.1, -0.05) is 41.4 Å². The summed E-state index contributed by atoms with van der Waals surface area (Å²) in [4.78, 5) is 27.3. The first kappa shape index (κ1) is 23.2. The number of hydrogen-bond donors (Lipinski definition) is 1. The standard InChI is InChI=1S/C22H25Cl2FN2O2/c1-14(21(29)26-22(2,3)4)27(13-16-7-10-18(23)19(24)11-16)20(28)12-15-5-8-17(25)9-6-15/h5-11,14H,12-13H2,1-4H3,(H,26,29)/t14-/m1/s1. The Morgan fingerprint density at radius 3 is 2.17 bits per heavy atom. The third-order valence-electron chi connectivity index (χ3n) is 4.27. The number of nitrogens with one attached hydrogen (secondary N) is 1. The van der Waals surface area contributed by atoms with Gasteiger partial charge in [0.2, 0.25) is 11.8 Å². The molecule has 156 valence electrons. The number of hydrogen-bond acceptors (Lipinski definition) is 2. The molecule has 0 aliphatic heterocycles. The van der Waals surface area contributed by atoms with Gasteiger partial charge in [-0.2, -0.15) is 0 Å². The van der Waals surface area contributed by atoms with E-state index in [-0.39, 0.29) is 30.6 Å². The number of amides is 2. The molecule has 0 spiro atoms. The van der Waals surface area contributed by atoms with Gasteiger partial charge < -0.3 is 10.2 Å². The van der Waals surface area contributed by atoms with Crippen LogP contribution in [0.1, 0.15) is 38.8 Å². The van der Waals surface area contributed by atoms with Gasteiger partial charge in [-0.15, -0.1) is 0 Å². The van der Waals surface area contributed by atoms with Gasteiger partial charge in [-0.25, -0.2) is 4.39 Å². The lowest BCUT2D eigenvalue weighted by molar-refractivity contribution is -0.140. The molecule has 7 heteroatoms. The molecule has 0 fully saturated rings. The molecule has 2 aromatic rings. The Morgan fingerprint density at radius 1 is 1.03 bits per heavy atom. The van der Waals surface area contributed by atoms with E-state index in [0.29, 0.717) is 15.6 Å². The van der Waals surface area contributed by atoms with Crippen LogP contribution in [0.4, 0.5) is 4.39 Å². The minimum absolute atomic E-state index is 0.0503. The van der Waals surface area contributed by atoms with Crippen LogP contribution in [0.3, 0.4) is 0 Å². The predicted molar refractivity (Wildman–Crippen MR) is 114 cm³/mol. The van der Waals surface area contributed by atoms with Crippen LogP contribution in [0.25, 0.3) is 0 Å². The van der Waals surface area contributed by atoms with E-state index in [4.69, 9.17) is 23.2 Å². The van der Waals surface area contributed by atoms with Gasteiger partial charge in [0, 0.05) is 12.1 Å². The largest absolute Gasteiger partial charge is 0.350 e. The van der Waals surface area contributed by atoms with E-state index >= 15 is 0 Å². The van der Waals surface area contributed by atoms with Crippen LogP contribution >= 0.6 is 23.2 Å². The predicted octanol–water partition coefficient (Wildman–Crippen LogP) is 5.01. The Bertz CT molecular complexity index is 879. The molecule has 0 saturated carbocycles. The van der Waals surface area contributed by atoms with Crippen LogP contribution in [0, 0.1) is 5.82 Å². The van der Waals surface area contributed by atoms with Gasteiger partial charge >= 0.3 is 0 Å². The first-order valence-electron chi connectivity index (χ1n) is 9.26. The SMILES string of the molecule is C[C@H](C(=O)NC(C)(C)C)N(Cc1ccc(Cl)c(Cl)c1)C(=O)Cc1ccc(F)cc1. The number of benzene rings is 2. The fourth-order valence-electron chi connectivity index (χ4n) is 2.77. The molecule has 0 aliphatic rings. The van der Waals surface area contributed by atoms with Crippen LogP contribution < -0.4 is 5.32 Å². The lowest BCUT2D eigenvalue weighted by atomic mass is 10.1. The Balaban J connectivity index is 2.27. The summed E-state index contributed by atoms with van der Waals surface area (Å²) < 4.78 is 13.2. The fourth-order valence-corrected chi connectivity index (χ4v) is 3.09. The first-order chi connectivity index (χ1) is 13.5. The van der Waals surface area contributed by atoms with E-state index in [0.717, 1.165) is 5.56 Å². The molecule has 1 atom stereocenters. The van der Waals surface area contributed by atoms with Gasteiger partial charge in [-0.05, 0) is 63.1 Å². The zero-order valence-electron chi connectivity index (χ0n) is 16.9. The average Bonchev–Trinajstić information content (AvgIpc) is 2.62. The molecule has 0 bridgehead atoms. The van der Waals surface area contributed by atoms with Crippen molar-refractivity contribution < 1.29 is 14.0 Å². The summed E-state index contributed by atoms with van der Waals surface area (Å²) in [5, 5.41) is 3.69. The second-order valence-corrected chi connectivity index (χ2v) is 8.80. The van der Waals surface area contributed by atoms with Crippen molar-refractivity contribution in [2.45, 2.75) is 52.2 Å². The topological polar surface area (TPSA) is 49.4 Å². The zero-order valence-corrected chi connectivity index (χ0v) is 18.4. The molecule has 4 nitrogen and oxygen atoms in total. The van der Waals surface area contributed by atoms with Crippen LogP contribution in [0.5, 0.6) is 0 Å². The summed E-state index contributed by atoms with van der Waals surface area (Å²) in [5.41, 5.74) is 0.988. The second kappa shape index (κ2) is 9.59. The Morgan fingerprint density at radius 2 is 1.62 bits per heavy atom. The van der Waals surface area contributed by atoms with E-state index in [9.17, 15) is 14.0 Å². The van der Waals surface area contributed by atoms with E-state index in [1.165, 1.54) is 17.0 Å². The number of halogens is 3. The Labute approximate surface area is 181 Å². The van der Waals surface area contributed by atoms with Crippen molar-refractivity contribution in [3.05, 3.63) is 69.5 Å². The monoisotopic (exact) mass is 438 g/mol. The van der Waals surface area contributed by atoms with E-state index in [1.54, 1.807) is 37.3 Å². The van der Waals surface area contributed by atoms with Crippen molar-refractivity contribution in [3.63, 3.8) is 0 Å². The van der Waals surface area contributed by atoms with Crippen LogP contribution in [0.15, 0.2) is 42.5 Å². The van der Waals surface area contributed by atoms with E-state index in [1.807, 2.05) is 20.8 Å². The maximum absolute atomic E-state index is 13.2. The molecule has 0 saturated heterocycles. The van der Waals surface area contributed by atoms with Crippen LogP contribution in [-0.2, 0) is 22.6 Å². The number of nitrogens with zero attached hydrogens (tertiary/aromatic N) is 1. The highest BCUT2D eigenvalue weighted by atomic mass is 35.5. The molecular formula is C22H25Cl2FN2O2. The van der Waals surface area contributed by atoms with Crippen LogP contribution in [0.2, 0.25) is 10.0 Å². The second-order valence-electron chi connectivity index (χ2n) is 7.99. The summed E-state index contributed by atoms with van der Waals surface area (Å²) >= 11 is 12.1. The summed E-state index contributed by atoms with van der Waals surface area (Å²) in [6, 6.07) is 10.1. The lowest BCUT2D eigenvalue weighted by Gasteiger charge is -2.31. The molecule has 0 aromatic heterocycles. The van der Waals surface area contributed by atoms with Crippen molar-refractivity contribution >= 4 is 35.0 Å². The highest BCUT2D eigenvalue weighted by Crippen LogP contribution is 2.24. The number of carbonyl (C=O) groups excluding carboxylic acids is 2. The van der Waals surface area contributed by atoms with Crippen molar-refractivity contribution in [1.29, 1.82) is 0 Å². The van der Waals surface area contributed by atoms with Crippen molar-refractivity contribution in [1.82, 2.24) is 10.2 Å². The molecule has 0 radical (unpaired) electrons. The Hall–Kier alpha value is -2.11. The molecule has 2 aromatic carbocycles. The third-order valence-corrected chi connectivity index (χ3v) is 5.01. The fraction of sp³-hybridized carbons (Fsp3) is 0.364. The first-order valence-corrected chi connectivity index (χ1v) is 10.0. The molecule has 1 N–H and O–H groups in total. The van der Waals surface area contributed by atoms with Gasteiger partial charge in [0.25, 0.3) is 0 Å². The summed E-state index contributed by atoms with van der Waals surface area (Å²) in [5.74, 6) is -0.879. The highest BCUT2D eigenvalue weighted by Gasteiger charge is 2.28. The zero-order chi connectivity index (χ0) is 21.8. The minimum atomic E-state index is -0.711. The van der Waals surface area contributed by atoms with Gasteiger partial charge in [-0.3, -0.25) is 9.59 Å². The van der Waals surface area contributed by atoms with Crippen LogP contribution in [-0.4, -0.2) is 28.3 Å². The maximum Gasteiger partial charge on any atom is 0.242 e. The molecule has 0 heterocycles. The summed E-state index contributed by atoms with van der Waals surface area (Å²) in [6.45, 7) is 7.50. The molecular weight excluding hydrogens is 414 g/mol. The van der Waals surface area contributed by atoms with Gasteiger partial charge in [0.15, 0.2) is 0 Å². The van der Waals surface area contributed by atoms with E-state index in [2.05, 4.69) is 5.32 Å². The quantitative estimate of drug-likeness (QED) is 0.688. The highest BCUT2D eigenvalue weighted by molar-refractivity contribution is 6.42. The minimum Gasteiger partial charge on any atom is -0.350 e. The summed E-state index contributed by atoms with van der Waals surface area (Å²) in [6.07, 6.45) is 0.0503. The Kier molecular flexibility index (Phi) is 7.66. The lowest BCUT2D eigenvalue weighted by Crippen LogP contribution is -2.52. The van der Waals surface area contributed by atoms with Crippen molar-refractivity contribution in [3.8, 4) is 0 Å². The molecule has 0 unspecified atom stereocenters. The normalized spacial score (nSPS) is 12.4. The molecule has 2 amide bonds. The third kappa shape index (κ3) is 7.02. The molecule has 0 aliphatic carbocycles.